The van der Waals surface area contributed by atoms with Crippen molar-refractivity contribution < 1.29 is 14.3 Å². The van der Waals surface area contributed by atoms with Gasteiger partial charge in [-0.3, -0.25) is 10.1 Å². The zero-order valence-electron chi connectivity index (χ0n) is 16.1. The molecule has 1 aliphatic heterocycles. The van der Waals surface area contributed by atoms with E-state index in [9.17, 15) is 4.79 Å². The molecular weight excluding hydrogens is 469 g/mol. The van der Waals surface area contributed by atoms with E-state index in [0.29, 0.717) is 39.7 Å². The number of carbonyl (C=O) groups excluding carboxylic acids is 1. The third kappa shape index (κ3) is 6.12. The van der Waals surface area contributed by atoms with E-state index < -0.39 is 12.0 Å². The summed E-state index contributed by atoms with van der Waals surface area (Å²) in [6.07, 6.45) is -0.823. The van der Waals surface area contributed by atoms with Gasteiger partial charge in [-0.15, -0.1) is 0 Å². The molecule has 3 rings (SSSR count). The second-order valence-corrected chi connectivity index (χ2v) is 8.20. The molecule has 0 saturated carbocycles. The molecule has 30 heavy (non-hydrogen) atoms. The maximum atomic E-state index is 12.4. The van der Waals surface area contributed by atoms with Gasteiger partial charge in [0.2, 0.25) is 0 Å². The van der Waals surface area contributed by atoms with Crippen LogP contribution < -0.4 is 20.3 Å². The highest BCUT2D eigenvalue weighted by Crippen LogP contribution is 2.30. The molecule has 6 nitrogen and oxygen atoms in total. The van der Waals surface area contributed by atoms with Gasteiger partial charge in [-0.2, -0.15) is 0 Å². The summed E-state index contributed by atoms with van der Waals surface area (Å²) in [7, 11) is 0. The van der Waals surface area contributed by atoms with Gasteiger partial charge in [0.1, 0.15) is 5.75 Å². The van der Waals surface area contributed by atoms with Gasteiger partial charge in [0.05, 0.1) is 28.9 Å². The van der Waals surface area contributed by atoms with Crippen LogP contribution in [0.25, 0.3) is 0 Å². The molecular formula is C20H20Cl3N3O3S. The first kappa shape index (κ1) is 22.9. The van der Waals surface area contributed by atoms with Gasteiger partial charge in [0.25, 0.3) is 5.91 Å². The molecule has 10 heteroatoms. The molecule has 0 spiro atoms. The van der Waals surface area contributed by atoms with Gasteiger partial charge < -0.3 is 19.7 Å². The highest BCUT2D eigenvalue weighted by Gasteiger charge is 2.18. The first-order chi connectivity index (χ1) is 14.3. The first-order valence-corrected chi connectivity index (χ1v) is 10.7. The number of anilines is 2. The molecule has 0 bridgehead atoms. The van der Waals surface area contributed by atoms with Crippen molar-refractivity contribution in [1.82, 2.24) is 5.32 Å². The van der Waals surface area contributed by atoms with Gasteiger partial charge in [0.15, 0.2) is 11.2 Å². The Balaban J connectivity index is 1.55. The summed E-state index contributed by atoms with van der Waals surface area (Å²) in [5, 5.41) is 7.07. The number of amides is 1. The van der Waals surface area contributed by atoms with Crippen LogP contribution in [0, 0.1) is 0 Å². The average Bonchev–Trinajstić information content (AvgIpc) is 2.70. The molecule has 160 valence electrons. The van der Waals surface area contributed by atoms with Crippen LogP contribution in [0.5, 0.6) is 5.75 Å². The second-order valence-electron chi connectivity index (χ2n) is 6.54. The van der Waals surface area contributed by atoms with Crippen LogP contribution in [0.15, 0.2) is 36.4 Å². The monoisotopic (exact) mass is 487 g/mol. The lowest BCUT2D eigenvalue weighted by Gasteiger charge is -2.29. The lowest BCUT2D eigenvalue weighted by Crippen LogP contribution is -2.42. The lowest BCUT2D eigenvalue weighted by molar-refractivity contribution is -0.125. The topological polar surface area (TPSA) is 62.8 Å². The van der Waals surface area contributed by atoms with Crippen LogP contribution in [0.4, 0.5) is 11.4 Å². The molecule has 0 aliphatic carbocycles. The number of halogens is 3. The summed E-state index contributed by atoms with van der Waals surface area (Å²) in [6.45, 7) is 4.52. The molecule has 1 amide bonds. The molecule has 0 aromatic heterocycles. The SMILES string of the molecule is CC(Oc1ccc(Cl)cc1Cl)C(=O)NC(=S)Nc1ccc(N2CCOCC2)c(Cl)c1. The molecule has 2 aromatic carbocycles. The fraction of sp³-hybridized carbons (Fsp3) is 0.300. The fourth-order valence-corrected chi connectivity index (χ4v) is 3.81. The van der Waals surface area contributed by atoms with Gasteiger partial charge in [0, 0.05) is 23.8 Å². The Kier molecular flexibility index (Phi) is 8.02. The molecule has 1 heterocycles. The maximum absolute atomic E-state index is 12.4. The Morgan fingerprint density at radius 1 is 1.13 bits per heavy atom. The van der Waals surface area contributed by atoms with Crippen LogP contribution in [0.3, 0.4) is 0 Å². The Morgan fingerprint density at radius 3 is 2.53 bits per heavy atom. The number of rotatable bonds is 5. The molecule has 1 atom stereocenters. The fourth-order valence-electron chi connectivity index (χ4n) is 2.84. The van der Waals surface area contributed by atoms with E-state index in [1.165, 1.54) is 0 Å². The van der Waals surface area contributed by atoms with Crippen molar-refractivity contribution in [3.05, 3.63) is 51.5 Å². The molecule has 1 unspecified atom stereocenters. The van der Waals surface area contributed by atoms with Crippen LogP contribution >= 0.6 is 47.0 Å². The van der Waals surface area contributed by atoms with Crippen molar-refractivity contribution in [2.75, 3.05) is 36.5 Å². The summed E-state index contributed by atoms with van der Waals surface area (Å²) in [5.74, 6) is -0.0670. The third-order valence-electron chi connectivity index (χ3n) is 4.36. The number of hydrogen-bond donors (Lipinski definition) is 2. The van der Waals surface area contributed by atoms with E-state index in [-0.39, 0.29) is 5.11 Å². The van der Waals surface area contributed by atoms with Crippen molar-refractivity contribution in [2.45, 2.75) is 13.0 Å². The normalized spacial score (nSPS) is 14.7. The first-order valence-electron chi connectivity index (χ1n) is 9.19. The minimum atomic E-state index is -0.823. The molecule has 1 saturated heterocycles. The van der Waals surface area contributed by atoms with E-state index in [1.807, 2.05) is 12.1 Å². The van der Waals surface area contributed by atoms with E-state index in [4.69, 9.17) is 56.5 Å². The second kappa shape index (κ2) is 10.5. The van der Waals surface area contributed by atoms with E-state index >= 15 is 0 Å². The predicted octanol–water partition coefficient (Wildman–Crippen LogP) is 4.76. The molecule has 0 radical (unpaired) electrons. The zero-order chi connectivity index (χ0) is 21.7. The van der Waals surface area contributed by atoms with Crippen molar-refractivity contribution >= 4 is 69.4 Å². The number of carbonyl (C=O) groups is 1. The molecule has 1 fully saturated rings. The number of morpholine rings is 1. The lowest BCUT2D eigenvalue weighted by atomic mass is 10.2. The van der Waals surface area contributed by atoms with Crippen LogP contribution in [-0.4, -0.2) is 43.4 Å². The van der Waals surface area contributed by atoms with Crippen molar-refractivity contribution in [3.63, 3.8) is 0 Å². The minimum absolute atomic E-state index is 0.132. The van der Waals surface area contributed by atoms with Crippen LogP contribution in [0.1, 0.15) is 6.92 Å². The Bertz CT molecular complexity index is 939. The van der Waals surface area contributed by atoms with E-state index in [1.54, 1.807) is 31.2 Å². The van der Waals surface area contributed by atoms with Gasteiger partial charge in [-0.1, -0.05) is 34.8 Å². The summed E-state index contributed by atoms with van der Waals surface area (Å²) >= 11 is 23.6. The van der Waals surface area contributed by atoms with Crippen molar-refractivity contribution in [3.8, 4) is 5.75 Å². The van der Waals surface area contributed by atoms with Crippen LogP contribution in [0.2, 0.25) is 15.1 Å². The Hall–Kier alpha value is -1.77. The highest BCUT2D eigenvalue weighted by molar-refractivity contribution is 7.80. The quantitative estimate of drug-likeness (QED) is 0.592. The van der Waals surface area contributed by atoms with E-state index in [2.05, 4.69) is 15.5 Å². The number of benzene rings is 2. The third-order valence-corrected chi connectivity index (χ3v) is 5.40. The average molecular weight is 489 g/mol. The summed E-state index contributed by atoms with van der Waals surface area (Å²) in [4.78, 5) is 14.5. The predicted molar refractivity (Wildman–Crippen MR) is 125 cm³/mol. The van der Waals surface area contributed by atoms with Gasteiger partial charge in [-0.05, 0) is 55.5 Å². The summed E-state index contributed by atoms with van der Waals surface area (Å²) in [6, 6.07) is 10.3. The zero-order valence-corrected chi connectivity index (χ0v) is 19.2. The smallest absolute Gasteiger partial charge is 0.266 e. The number of thiocarbonyl (C=S) groups is 1. The Morgan fingerprint density at radius 2 is 1.87 bits per heavy atom. The summed E-state index contributed by atoms with van der Waals surface area (Å²) < 4.78 is 11.0. The molecule has 2 N–H and O–H groups in total. The van der Waals surface area contributed by atoms with Gasteiger partial charge in [-0.25, -0.2) is 0 Å². The molecule has 1 aliphatic rings. The van der Waals surface area contributed by atoms with Crippen LogP contribution in [-0.2, 0) is 9.53 Å². The maximum Gasteiger partial charge on any atom is 0.266 e. The largest absolute Gasteiger partial charge is 0.479 e. The number of nitrogens with zero attached hydrogens (tertiary/aromatic N) is 1. The number of nitrogens with one attached hydrogen (secondary N) is 2. The number of ether oxygens (including phenoxy) is 2. The van der Waals surface area contributed by atoms with Crippen molar-refractivity contribution in [1.29, 1.82) is 0 Å². The number of hydrogen-bond acceptors (Lipinski definition) is 5. The van der Waals surface area contributed by atoms with Crippen molar-refractivity contribution in [2.24, 2.45) is 0 Å². The van der Waals surface area contributed by atoms with Gasteiger partial charge >= 0.3 is 0 Å². The standard InChI is InChI=1S/C20H20Cl3N3O3S/c1-12(29-18-5-2-13(21)10-16(18)23)19(27)25-20(30)24-14-3-4-17(15(22)11-14)26-6-8-28-9-7-26/h2-5,10-12H,6-9H2,1H3,(H2,24,25,27,30). The molecule has 2 aromatic rings. The summed E-state index contributed by atoms with van der Waals surface area (Å²) in [5.41, 5.74) is 1.60. The highest BCUT2D eigenvalue weighted by atomic mass is 35.5. The minimum Gasteiger partial charge on any atom is -0.479 e. The Labute approximate surface area is 195 Å². The van der Waals surface area contributed by atoms with E-state index in [0.717, 1.165) is 18.8 Å².